The molecule has 11 nitrogen and oxygen atoms in total. The second-order valence-corrected chi connectivity index (χ2v) is 12.6. The highest BCUT2D eigenvalue weighted by molar-refractivity contribution is 7.20. The zero-order chi connectivity index (χ0) is 32.5. The van der Waals surface area contributed by atoms with Crippen LogP contribution in [0.2, 0.25) is 0 Å². The van der Waals surface area contributed by atoms with Gasteiger partial charge in [0.1, 0.15) is 27.6 Å². The van der Waals surface area contributed by atoms with E-state index in [1.54, 1.807) is 34.8 Å². The van der Waals surface area contributed by atoms with E-state index in [1.807, 2.05) is 29.2 Å². The molecule has 0 radical (unpaired) electrons. The Morgan fingerprint density at radius 2 is 1.69 bits per heavy atom. The van der Waals surface area contributed by atoms with Crippen molar-refractivity contribution >= 4 is 44.8 Å². The predicted octanol–water partition coefficient (Wildman–Crippen LogP) is 6.05. The van der Waals surface area contributed by atoms with Gasteiger partial charge in [0.05, 0.1) is 18.5 Å². The number of aryl methyl sites for hydroxylation is 1. The van der Waals surface area contributed by atoms with Gasteiger partial charge in [0.15, 0.2) is 10.8 Å². The Balaban J connectivity index is 1.36. The van der Waals surface area contributed by atoms with E-state index in [1.165, 1.54) is 16.8 Å². The number of methoxy groups -OCH3 is 1. The molecule has 4 heterocycles. The molecule has 240 valence electrons. The van der Waals surface area contributed by atoms with Crippen LogP contribution in [0.25, 0.3) is 5.65 Å². The van der Waals surface area contributed by atoms with Gasteiger partial charge in [-0.3, -0.25) is 15.0 Å². The Hall–Kier alpha value is -4.37. The summed E-state index contributed by atoms with van der Waals surface area (Å²) in [5.41, 5.74) is -0.773. The molecule has 0 saturated carbocycles. The number of piperazine rings is 1. The van der Waals surface area contributed by atoms with Crippen LogP contribution >= 0.6 is 11.3 Å². The Morgan fingerprint density at radius 1 is 1.00 bits per heavy atom. The summed E-state index contributed by atoms with van der Waals surface area (Å²) in [4.78, 5) is 39.0. The van der Waals surface area contributed by atoms with E-state index >= 15 is 0 Å². The van der Waals surface area contributed by atoms with E-state index in [9.17, 15) is 22.8 Å². The molecular formula is C30H34F3N7O4S. The third kappa shape index (κ3) is 7.84. The number of ether oxygens (including phenoxy) is 2. The van der Waals surface area contributed by atoms with Gasteiger partial charge in [0.2, 0.25) is 0 Å². The maximum Gasteiger partial charge on any atom is 0.420 e. The van der Waals surface area contributed by atoms with Gasteiger partial charge in [0.25, 0.3) is 5.91 Å². The smallest absolute Gasteiger partial charge is 0.420 e. The summed E-state index contributed by atoms with van der Waals surface area (Å²) in [6.07, 6.45) is -2.71. The first-order valence-corrected chi connectivity index (χ1v) is 15.0. The standard InChI is InChI=1S/C30H34F3N7O4S/c1-18-15-40-17-20(14-22(24(40)34-18)30(31,32)33)35-25(41)23-26(37-28(42)44-29(2,3)4)45-27(36-23)39-12-10-38(11-13-39)16-19-6-8-21(43-5)9-7-19/h6-9,14-15,17H,10-13,16H2,1-5H3,(H,35,41)(H,37,42). The molecule has 0 bridgehead atoms. The number of halogens is 3. The van der Waals surface area contributed by atoms with E-state index in [4.69, 9.17) is 9.47 Å². The molecule has 0 unspecified atom stereocenters. The highest BCUT2D eigenvalue weighted by atomic mass is 32.1. The fourth-order valence-electron chi connectivity index (χ4n) is 4.85. The van der Waals surface area contributed by atoms with Crippen LogP contribution in [0, 0.1) is 6.92 Å². The molecule has 4 aromatic rings. The minimum atomic E-state index is -4.70. The van der Waals surface area contributed by atoms with Crippen LogP contribution in [0.5, 0.6) is 5.75 Å². The lowest BCUT2D eigenvalue weighted by molar-refractivity contribution is -0.136. The van der Waals surface area contributed by atoms with E-state index in [2.05, 4.69) is 25.5 Å². The molecule has 3 aromatic heterocycles. The van der Waals surface area contributed by atoms with Gasteiger partial charge in [-0.05, 0) is 51.5 Å². The van der Waals surface area contributed by atoms with Gasteiger partial charge >= 0.3 is 12.3 Å². The normalized spacial score (nSPS) is 14.4. The number of alkyl halides is 3. The number of benzene rings is 1. The first-order valence-electron chi connectivity index (χ1n) is 14.2. The highest BCUT2D eigenvalue weighted by Crippen LogP contribution is 2.36. The summed E-state index contributed by atoms with van der Waals surface area (Å²) >= 11 is 1.10. The monoisotopic (exact) mass is 645 g/mol. The molecule has 2 amide bonds. The average Bonchev–Trinajstić information content (AvgIpc) is 3.54. The number of nitrogens with zero attached hydrogens (tertiary/aromatic N) is 5. The number of nitrogens with one attached hydrogen (secondary N) is 2. The maximum absolute atomic E-state index is 13.8. The molecule has 45 heavy (non-hydrogen) atoms. The summed E-state index contributed by atoms with van der Waals surface area (Å²) in [6.45, 7) is 10.1. The molecule has 2 N–H and O–H groups in total. The van der Waals surface area contributed by atoms with Crippen molar-refractivity contribution in [2.45, 2.75) is 46.0 Å². The van der Waals surface area contributed by atoms with Crippen molar-refractivity contribution in [3.8, 4) is 5.75 Å². The van der Waals surface area contributed by atoms with Crippen molar-refractivity contribution in [1.29, 1.82) is 0 Å². The molecule has 0 atom stereocenters. The zero-order valence-corrected chi connectivity index (χ0v) is 26.3. The van der Waals surface area contributed by atoms with Crippen LogP contribution in [0.3, 0.4) is 0 Å². The van der Waals surface area contributed by atoms with Crippen LogP contribution in [-0.2, 0) is 17.5 Å². The van der Waals surface area contributed by atoms with Crippen LogP contribution < -0.4 is 20.3 Å². The van der Waals surface area contributed by atoms with Gasteiger partial charge in [-0.15, -0.1) is 0 Å². The SMILES string of the molecule is COc1ccc(CN2CCN(c3nc(C(=O)Nc4cc(C(F)(F)F)c5nc(C)cn5c4)c(NC(=O)OC(C)(C)C)s3)CC2)cc1. The number of anilines is 3. The van der Waals surface area contributed by atoms with Crippen molar-refractivity contribution in [3.63, 3.8) is 0 Å². The lowest BCUT2D eigenvalue weighted by atomic mass is 10.2. The van der Waals surface area contributed by atoms with Crippen LogP contribution in [0.15, 0.2) is 42.7 Å². The highest BCUT2D eigenvalue weighted by Gasteiger charge is 2.35. The lowest BCUT2D eigenvalue weighted by Crippen LogP contribution is -2.46. The molecule has 1 aliphatic heterocycles. The first-order chi connectivity index (χ1) is 21.2. The number of rotatable bonds is 7. The number of carbonyl (C=O) groups is 2. The van der Waals surface area contributed by atoms with Crippen molar-refractivity contribution < 1.29 is 32.2 Å². The number of imidazole rings is 1. The van der Waals surface area contributed by atoms with Crippen molar-refractivity contribution in [2.75, 3.05) is 48.8 Å². The van der Waals surface area contributed by atoms with E-state index in [0.29, 0.717) is 23.9 Å². The number of hydrogen-bond acceptors (Lipinski definition) is 9. The van der Waals surface area contributed by atoms with E-state index in [-0.39, 0.29) is 22.0 Å². The second-order valence-electron chi connectivity index (χ2n) is 11.6. The van der Waals surface area contributed by atoms with Crippen LogP contribution in [-0.4, -0.2) is 70.2 Å². The topological polar surface area (TPSA) is 113 Å². The van der Waals surface area contributed by atoms with Gasteiger partial charge < -0.3 is 24.1 Å². The molecule has 1 saturated heterocycles. The molecular weight excluding hydrogens is 611 g/mol. The molecule has 5 rings (SSSR count). The van der Waals surface area contributed by atoms with Gasteiger partial charge in [-0.25, -0.2) is 14.8 Å². The Morgan fingerprint density at radius 3 is 2.31 bits per heavy atom. The van der Waals surface area contributed by atoms with Crippen LogP contribution in [0.4, 0.5) is 33.8 Å². The molecule has 15 heteroatoms. The molecule has 1 aromatic carbocycles. The zero-order valence-electron chi connectivity index (χ0n) is 25.5. The summed E-state index contributed by atoms with van der Waals surface area (Å²) in [5, 5.41) is 5.74. The molecule has 0 aliphatic carbocycles. The maximum atomic E-state index is 13.8. The summed E-state index contributed by atoms with van der Waals surface area (Å²) in [5.74, 6) is 0.00663. The number of aromatic nitrogens is 3. The van der Waals surface area contributed by atoms with Crippen molar-refractivity contribution in [3.05, 3.63) is 65.2 Å². The summed E-state index contributed by atoms with van der Waals surface area (Å²) in [6, 6.07) is 8.72. The van der Waals surface area contributed by atoms with E-state index < -0.39 is 29.3 Å². The largest absolute Gasteiger partial charge is 0.497 e. The number of hydrogen-bond donors (Lipinski definition) is 2. The van der Waals surface area contributed by atoms with Gasteiger partial charge in [0, 0.05) is 45.1 Å². The van der Waals surface area contributed by atoms with Crippen LogP contribution in [0.1, 0.15) is 48.1 Å². The quantitative estimate of drug-likeness (QED) is 0.250. The molecule has 0 spiro atoms. The van der Waals surface area contributed by atoms with Gasteiger partial charge in [-0.2, -0.15) is 13.2 Å². The lowest BCUT2D eigenvalue weighted by Gasteiger charge is -2.34. The Labute approximate surface area is 262 Å². The molecule has 1 aliphatic rings. The Bertz CT molecular complexity index is 1690. The number of amides is 2. The fourth-order valence-corrected chi connectivity index (χ4v) is 5.85. The number of thiazole rings is 1. The van der Waals surface area contributed by atoms with E-state index in [0.717, 1.165) is 48.4 Å². The predicted molar refractivity (Wildman–Crippen MR) is 165 cm³/mol. The van der Waals surface area contributed by atoms with Crippen molar-refractivity contribution in [2.24, 2.45) is 0 Å². The second kappa shape index (κ2) is 12.6. The minimum absolute atomic E-state index is 0.109. The number of fused-ring (bicyclic) bond motifs is 1. The Kier molecular flexibility index (Phi) is 8.94. The first kappa shape index (κ1) is 32.0. The summed E-state index contributed by atoms with van der Waals surface area (Å²) < 4.78 is 53.4. The fraction of sp³-hybridized carbons (Fsp3) is 0.400. The summed E-state index contributed by atoms with van der Waals surface area (Å²) in [7, 11) is 1.63. The third-order valence-corrected chi connectivity index (χ3v) is 7.92. The minimum Gasteiger partial charge on any atom is -0.497 e. The van der Waals surface area contributed by atoms with Crippen molar-refractivity contribution in [1.82, 2.24) is 19.3 Å². The number of carbonyl (C=O) groups excluding carboxylic acids is 2. The van der Waals surface area contributed by atoms with Gasteiger partial charge in [-0.1, -0.05) is 23.5 Å². The third-order valence-electron chi connectivity index (χ3n) is 6.89. The average molecular weight is 646 g/mol. The molecule has 1 fully saturated rings. The number of pyridine rings is 1.